The van der Waals surface area contributed by atoms with Crippen LogP contribution in [0.15, 0.2) is 48.7 Å². The zero-order chi connectivity index (χ0) is 15.1. The van der Waals surface area contributed by atoms with Crippen molar-refractivity contribution in [2.75, 3.05) is 25.1 Å². The van der Waals surface area contributed by atoms with Gasteiger partial charge in [-0.3, -0.25) is 9.78 Å². The van der Waals surface area contributed by atoms with Crippen LogP contribution in [-0.4, -0.2) is 31.1 Å². The van der Waals surface area contributed by atoms with Gasteiger partial charge in [-0.05, 0) is 49.4 Å². The average Bonchev–Trinajstić information content (AvgIpc) is 2.56. The van der Waals surface area contributed by atoms with E-state index in [0.717, 1.165) is 17.9 Å². The molecule has 0 aliphatic heterocycles. The van der Waals surface area contributed by atoms with Gasteiger partial charge >= 0.3 is 0 Å². The van der Waals surface area contributed by atoms with Crippen LogP contribution in [-0.2, 0) is 0 Å². The van der Waals surface area contributed by atoms with Crippen LogP contribution in [0.5, 0.6) is 5.75 Å². The number of carbonyl (C=O) groups is 1. The number of nitrogens with zero attached hydrogens (tertiary/aromatic N) is 2. The van der Waals surface area contributed by atoms with Crippen molar-refractivity contribution in [2.24, 2.45) is 5.73 Å². The Morgan fingerprint density at radius 1 is 1.24 bits per heavy atom. The molecule has 0 saturated heterocycles. The van der Waals surface area contributed by atoms with Crippen LogP contribution >= 0.6 is 0 Å². The molecule has 0 unspecified atom stereocenters. The first-order valence-electron chi connectivity index (χ1n) is 6.83. The van der Waals surface area contributed by atoms with Crippen molar-refractivity contribution in [1.29, 1.82) is 0 Å². The van der Waals surface area contributed by atoms with Gasteiger partial charge in [0.2, 0.25) is 0 Å². The normalized spacial score (nSPS) is 10.2. The molecule has 0 atom stereocenters. The van der Waals surface area contributed by atoms with Gasteiger partial charge in [0, 0.05) is 18.4 Å². The number of carbonyl (C=O) groups excluding carboxylic acids is 1. The molecular formula is C16H19N3O2. The number of rotatable bonds is 6. The molecule has 110 valence electrons. The lowest BCUT2D eigenvalue weighted by molar-refractivity contribution is 0.0982. The van der Waals surface area contributed by atoms with Crippen molar-refractivity contribution in [3.05, 3.63) is 54.4 Å². The third-order valence-corrected chi connectivity index (χ3v) is 3.10. The molecule has 2 rings (SSSR count). The Labute approximate surface area is 124 Å². The molecule has 0 fully saturated rings. The van der Waals surface area contributed by atoms with Gasteiger partial charge in [0.15, 0.2) is 0 Å². The summed E-state index contributed by atoms with van der Waals surface area (Å²) in [7, 11) is 1.61. The Morgan fingerprint density at radius 3 is 2.57 bits per heavy atom. The minimum atomic E-state index is -0.130. The van der Waals surface area contributed by atoms with E-state index in [1.165, 1.54) is 0 Å². The molecule has 2 aromatic rings. The fourth-order valence-electron chi connectivity index (χ4n) is 1.99. The molecule has 0 aliphatic rings. The number of pyridine rings is 1. The Morgan fingerprint density at radius 2 is 2.00 bits per heavy atom. The van der Waals surface area contributed by atoms with Gasteiger partial charge < -0.3 is 15.4 Å². The van der Waals surface area contributed by atoms with Gasteiger partial charge in [-0.1, -0.05) is 6.07 Å². The van der Waals surface area contributed by atoms with Gasteiger partial charge in [0.25, 0.3) is 5.91 Å². The summed E-state index contributed by atoms with van der Waals surface area (Å²) >= 11 is 0. The Balaban J connectivity index is 2.26. The minimum Gasteiger partial charge on any atom is -0.497 e. The number of ether oxygens (including phenoxy) is 1. The first kappa shape index (κ1) is 15.0. The molecule has 1 aromatic carbocycles. The number of aromatic nitrogens is 1. The highest BCUT2D eigenvalue weighted by molar-refractivity contribution is 6.04. The largest absolute Gasteiger partial charge is 0.497 e. The van der Waals surface area contributed by atoms with Crippen molar-refractivity contribution < 1.29 is 9.53 Å². The molecule has 1 aromatic heterocycles. The van der Waals surface area contributed by atoms with E-state index in [4.69, 9.17) is 10.5 Å². The van der Waals surface area contributed by atoms with Crippen LogP contribution in [0, 0.1) is 0 Å². The molecule has 2 N–H and O–H groups in total. The van der Waals surface area contributed by atoms with E-state index in [1.54, 1.807) is 36.4 Å². The molecule has 1 amide bonds. The van der Waals surface area contributed by atoms with Gasteiger partial charge in [-0.2, -0.15) is 0 Å². The maximum Gasteiger partial charge on any atom is 0.276 e. The Hall–Kier alpha value is -2.40. The second-order valence-corrected chi connectivity index (χ2v) is 4.51. The van der Waals surface area contributed by atoms with Gasteiger partial charge in [0.1, 0.15) is 11.4 Å². The molecule has 0 spiro atoms. The lowest BCUT2D eigenvalue weighted by atomic mass is 10.2. The third kappa shape index (κ3) is 3.79. The lowest BCUT2D eigenvalue weighted by Gasteiger charge is -2.22. The standard InChI is InChI=1S/C16H19N3O2/c1-21-14-8-6-13(7-9-14)19(12-4-10-17)16(20)15-5-2-3-11-18-15/h2-3,5-9,11H,4,10,12,17H2,1H3. The van der Waals surface area contributed by atoms with E-state index in [9.17, 15) is 4.79 Å². The summed E-state index contributed by atoms with van der Waals surface area (Å²) in [5, 5.41) is 0. The third-order valence-electron chi connectivity index (χ3n) is 3.10. The van der Waals surface area contributed by atoms with Crippen LogP contribution in [0.2, 0.25) is 0 Å². The predicted octanol–water partition coefficient (Wildman–Crippen LogP) is 2.09. The summed E-state index contributed by atoms with van der Waals surface area (Å²) in [5.74, 6) is 0.622. The summed E-state index contributed by atoms with van der Waals surface area (Å²) < 4.78 is 5.14. The number of anilines is 1. The number of nitrogens with two attached hydrogens (primary N) is 1. The van der Waals surface area contributed by atoms with Crippen molar-refractivity contribution in [1.82, 2.24) is 4.98 Å². The van der Waals surface area contributed by atoms with Gasteiger partial charge in [-0.25, -0.2) is 0 Å². The number of benzene rings is 1. The number of methoxy groups -OCH3 is 1. The number of amides is 1. The highest BCUT2D eigenvalue weighted by Gasteiger charge is 2.18. The topological polar surface area (TPSA) is 68.5 Å². The van der Waals surface area contributed by atoms with Crippen molar-refractivity contribution in [2.45, 2.75) is 6.42 Å². The van der Waals surface area contributed by atoms with Crippen LogP contribution in [0.4, 0.5) is 5.69 Å². The summed E-state index contributed by atoms with van der Waals surface area (Å²) in [6, 6.07) is 12.7. The molecule has 0 radical (unpaired) electrons. The van der Waals surface area contributed by atoms with Crippen LogP contribution < -0.4 is 15.4 Å². The predicted molar refractivity (Wildman–Crippen MR) is 82.6 cm³/mol. The molecular weight excluding hydrogens is 266 g/mol. The monoisotopic (exact) mass is 285 g/mol. The number of hydrogen-bond donors (Lipinski definition) is 1. The first-order valence-corrected chi connectivity index (χ1v) is 6.83. The molecule has 5 nitrogen and oxygen atoms in total. The molecule has 0 aliphatic carbocycles. The molecule has 0 bridgehead atoms. The molecule has 1 heterocycles. The van der Waals surface area contributed by atoms with Crippen molar-refractivity contribution in [3.8, 4) is 5.75 Å². The summed E-state index contributed by atoms with van der Waals surface area (Å²) in [6.07, 6.45) is 2.34. The smallest absolute Gasteiger partial charge is 0.276 e. The van der Waals surface area contributed by atoms with E-state index >= 15 is 0 Å². The molecule has 5 heteroatoms. The summed E-state index contributed by atoms with van der Waals surface area (Å²) in [6.45, 7) is 1.08. The van der Waals surface area contributed by atoms with E-state index < -0.39 is 0 Å². The fourth-order valence-corrected chi connectivity index (χ4v) is 1.99. The number of hydrogen-bond acceptors (Lipinski definition) is 4. The molecule has 21 heavy (non-hydrogen) atoms. The quantitative estimate of drug-likeness (QED) is 0.882. The van der Waals surface area contributed by atoms with Gasteiger partial charge in [-0.15, -0.1) is 0 Å². The zero-order valence-corrected chi connectivity index (χ0v) is 12.0. The van der Waals surface area contributed by atoms with E-state index in [1.807, 2.05) is 24.3 Å². The summed E-state index contributed by atoms with van der Waals surface area (Å²) in [4.78, 5) is 18.4. The maximum atomic E-state index is 12.6. The Kier molecular flexibility index (Phi) is 5.29. The van der Waals surface area contributed by atoms with E-state index in [-0.39, 0.29) is 5.91 Å². The second kappa shape index (κ2) is 7.40. The zero-order valence-electron chi connectivity index (χ0n) is 12.0. The van der Waals surface area contributed by atoms with Crippen molar-refractivity contribution >= 4 is 11.6 Å². The molecule has 0 saturated carbocycles. The lowest BCUT2D eigenvalue weighted by Crippen LogP contribution is -2.33. The Bertz CT molecular complexity index is 570. The highest BCUT2D eigenvalue weighted by Crippen LogP contribution is 2.21. The average molecular weight is 285 g/mol. The van der Waals surface area contributed by atoms with Crippen molar-refractivity contribution in [3.63, 3.8) is 0 Å². The fraction of sp³-hybridized carbons (Fsp3) is 0.250. The summed E-state index contributed by atoms with van der Waals surface area (Å²) in [5.41, 5.74) is 6.79. The minimum absolute atomic E-state index is 0.130. The SMILES string of the molecule is COc1ccc(N(CCCN)C(=O)c2ccccn2)cc1. The van der Waals surface area contributed by atoms with Gasteiger partial charge in [0.05, 0.1) is 7.11 Å². The second-order valence-electron chi connectivity index (χ2n) is 4.51. The van der Waals surface area contributed by atoms with E-state index in [0.29, 0.717) is 18.8 Å². The van der Waals surface area contributed by atoms with Crippen LogP contribution in [0.3, 0.4) is 0 Å². The highest BCUT2D eigenvalue weighted by atomic mass is 16.5. The van der Waals surface area contributed by atoms with E-state index in [2.05, 4.69) is 4.98 Å². The van der Waals surface area contributed by atoms with Crippen LogP contribution in [0.25, 0.3) is 0 Å². The maximum absolute atomic E-state index is 12.6. The first-order chi connectivity index (χ1) is 10.3. The van der Waals surface area contributed by atoms with Crippen LogP contribution in [0.1, 0.15) is 16.9 Å².